The van der Waals surface area contributed by atoms with Crippen LogP contribution in [0.25, 0.3) is 0 Å². The summed E-state index contributed by atoms with van der Waals surface area (Å²) in [6.45, 7) is 1.85. The van der Waals surface area contributed by atoms with Gasteiger partial charge in [-0.15, -0.1) is 0 Å². The highest BCUT2D eigenvalue weighted by molar-refractivity contribution is 5.74. The minimum atomic E-state index is 0.0524. The van der Waals surface area contributed by atoms with E-state index in [9.17, 15) is 4.79 Å². The lowest BCUT2D eigenvalue weighted by Gasteiger charge is -2.26. The Balaban J connectivity index is 1.75. The molecule has 0 bridgehead atoms. The molecule has 0 aromatic carbocycles. The topological polar surface area (TPSA) is 34.4 Å². The highest BCUT2D eigenvalue weighted by atomic mass is 16.2. The first-order valence-electron chi connectivity index (χ1n) is 5.86. The normalized spacial score (nSPS) is 23.9. The molecule has 0 N–H and O–H groups in total. The van der Waals surface area contributed by atoms with Crippen LogP contribution in [-0.4, -0.2) is 30.1 Å². The summed E-state index contributed by atoms with van der Waals surface area (Å²) in [5.74, 6) is 0. The van der Waals surface area contributed by atoms with Crippen LogP contribution in [0.4, 0.5) is 4.79 Å². The summed E-state index contributed by atoms with van der Waals surface area (Å²) in [6, 6.07) is 0.390. The first-order chi connectivity index (χ1) is 6.86. The zero-order valence-corrected chi connectivity index (χ0v) is 8.74. The van der Waals surface area contributed by atoms with E-state index in [1.165, 1.54) is 19.3 Å². The molecule has 1 aliphatic carbocycles. The van der Waals surface area contributed by atoms with E-state index in [2.05, 4.69) is 5.32 Å². The molecule has 1 saturated carbocycles. The maximum absolute atomic E-state index is 11.7. The molecular formula is C11H19N2O. The average molecular weight is 195 g/mol. The van der Waals surface area contributed by atoms with Crippen LogP contribution in [0.2, 0.25) is 0 Å². The number of rotatable bonds is 1. The minimum Gasteiger partial charge on any atom is -0.323 e. The van der Waals surface area contributed by atoms with Gasteiger partial charge in [0.05, 0.1) is 6.04 Å². The number of amides is 2. The Kier molecular flexibility index (Phi) is 3.27. The summed E-state index contributed by atoms with van der Waals surface area (Å²) in [5, 5.41) is 4.29. The molecule has 3 heteroatoms. The van der Waals surface area contributed by atoms with Crippen LogP contribution < -0.4 is 5.32 Å². The van der Waals surface area contributed by atoms with Gasteiger partial charge in [-0.1, -0.05) is 12.8 Å². The van der Waals surface area contributed by atoms with E-state index in [0.29, 0.717) is 6.04 Å². The summed E-state index contributed by atoms with van der Waals surface area (Å²) in [4.78, 5) is 13.6. The fraction of sp³-hybridized carbons (Fsp3) is 0.909. The molecule has 0 atom stereocenters. The second-order valence-corrected chi connectivity index (χ2v) is 4.40. The van der Waals surface area contributed by atoms with Crippen molar-refractivity contribution in [1.82, 2.24) is 10.2 Å². The van der Waals surface area contributed by atoms with Crippen LogP contribution in [0.1, 0.15) is 44.9 Å². The van der Waals surface area contributed by atoms with Gasteiger partial charge in [0.1, 0.15) is 0 Å². The molecule has 2 amide bonds. The first kappa shape index (κ1) is 9.81. The van der Waals surface area contributed by atoms with E-state index in [1.807, 2.05) is 4.90 Å². The van der Waals surface area contributed by atoms with Crippen LogP contribution >= 0.6 is 0 Å². The molecule has 0 spiro atoms. The molecule has 14 heavy (non-hydrogen) atoms. The molecule has 0 aromatic rings. The van der Waals surface area contributed by atoms with Crippen molar-refractivity contribution in [2.45, 2.75) is 51.0 Å². The van der Waals surface area contributed by atoms with Crippen LogP contribution in [0.15, 0.2) is 0 Å². The lowest BCUT2D eigenvalue weighted by Crippen LogP contribution is -2.42. The van der Waals surface area contributed by atoms with Crippen molar-refractivity contribution < 1.29 is 4.79 Å². The van der Waals surface area contributed by atoms with Gasteiger partial charge in [0.2, 0.25) is 0 Å². The molecule has 1 aliphatic heterocycles. The molecule has 79 valence electrons. The van der Waals surface area contributed by atoms with Crippen LogP contribution in [-0.2, 0) is 0 Å². The molecule has 1 heterocycles. The van der Waals surface area contributed by atoms with E-state index in [1.54, 1.807) is 0 Å². The third-order valence-corrected chi connectivity index (χ3v) is 3.24. The number of nitrogens with zero attached hydrogens (tertiary/aromatic N) is 2. The van der Waals surface area contributed by atoms with Crippen molar-refractivity contribution in [3.8, 4) is 0 Å². The highest BCUT2D eigenvalue weighted by Crippen LogP contribution is 2.19. The summed E-state index contributed by atoms with van der Waals surface area (Å²) < 4.78 is 0. The second kappa shape index (κ2) is 4.67. The lowest BCUT2D eigenvalue weighted by atomic mass is 10.1. The largest absolute Gasteiger partial charge is 0.339 e. The van der Waals surface area contributed by atoms with Gasteiger partial charge in [0.15, 0.2) is 0 Å². The summed E-state index contributed by atoms with van der Waals surface area (Å²) >= 11 is 0. The maximum Gasteiger partial charge on any atom is 0.339 e. The van der Waals surface area contributed by atoms with Crippen molar-refractivity contribution in [2.24, 2.45) is 0 Å². The van der Waals surface area contributed by atoms with Gasteiger partial charge >= 0.3 is 6.03 Å². The Morgan fingerprint density at radius 2 is 1.64 bits per heavy atom. The first-order valence-corrected chi connectivity index (χ1v) is 5.86. The number of hydrogen-bond acceptors (Lipinski definition) is 1. The van der Waals surface area contributed by atoms with Crippen molar-refractivity contribution >= 4 is 6.03 Å². The van der Waals surface area contributed by atoms with Crippen LogP contribution in [0, 0.1) is 0 Å². The predicted octanol–water partition coefficient (Wildman–Crippen LogP) is 2.14. The molecule has 2 rings (SSSR count). The van der Waals surface area contributed by atoms with E-state index in [0.717, 1.165) is 38.8 Å². The fourth-order valence-corrected chi connectivity index (χ4v) is 2.36. The van der Waals surface area contributed by atoms with Crippen LogP contribution in [0.5, 0.6) is 0 Å². The molecule has 1 radical (unpaired) electrons. The Hall–Kier alpha value is -0.730. The average Bonchev–Trinajstić information content (AvgIpc) is 2.72. The molecule has 3 nitrogen and oxygen atoms in total. The lowest BCUT2D eigenvalue weighted by molar-refractivity contribution is 0.181. The molecule has 1 saturated heterocycles. The van der Waals surface area contributed by atoms with E-state index < -0.39 is 0 Å². The predicted molar refractivity (Wildman–Crippen MR) is 55.2 cm³/mol. The van der Waals surface area contributed by atoms with Crippen molar-refractivity contribution in [2.75, 3.05) is 13.1 Å². The molecule has 0 unspecified atom stereocenters. The Labute approximate surface area is 85.8 Å². The third kappa shape index (κ3) is 2.40. The monoisotopic (exact) mass is 195 g/mol. The van der Waals surface area contributed by atoms with E-state index >= 15 is 0 Å². The van der Waals surface area contributed by atoms with Gasteiger partial charge in [-0.05, 0) is 32.1 Å². The maximum atomic E-state index is 11.7. The highest BCUT2D eigenvalue weighted by Gasteiger charge is 2.23. The smallest absolute Gasteiger partial charge is 0.323 e. The zero-order valence-electron chi connectivity index (χ0n) is 8.74. The number of hydrogen-bond donors (Lipinski definition) is 0. The molecule has 2 aliphatic rings. The summed E-state index contributed by atoms with van der Waals surface area (Å²) in [6.07, 6.45) is 8.34. The van der Waals surface area contributed by atoms with E-state index in [-0.39, 0.29) is 6.03 Å². The summed E-state index contributed by atoms with van der Waals surface area (Å²) in [5.41, 5.74) is 0. The molecular weight excluding hydrogens is 176 g/mol. The SMILES string of the molecule is O=C([N]C1CCCC1)N1CCCCC1. The number of carbonyl (C=O) groups excluding carboxylic acids is 1. The molecule has 0 aromatic heterocycles. The van der Waals surface area contributed by atoms with Gasteiger partial charge in [-0.3, -0.25) is 0 Å². The Morgan fingerprint density at radius 1 is 1.00 bits per heavy atom. The van der Waals surface area contributed by atoms with E-state index in [4.69, 9.17) is 0 Å². The van der Waals surface area contributed by atoms with Gasteiger partial charge in [0.25, 0.3) is 0 Å². The summed E-state index contributed by atoms with van der Waals surface area (Å²) in [7, 11) is 0. The minimum absolute atomic E-state index is 0.0524. The standard InChI is InChI=1S/C11H19N2O/c14-11(12-10-6-2-3-7-10)13-8-4-1-5-9-13/h10H,1-9H2. The fourth-order valence-electron chi connectivity index (χ4n) is 2.36. The third-order valence-electron chi connectivity index (χ3n) is 3.24. The quantitative estimate of drug-likeness (QED) is 0.631. The zero-order chi connectivity index (χ0) is 9.80. The Morgan fingerprint density at radius 3 is 2.29 bits per heavy atom. The number of urea groups is 1. The number of piperidine rings is 1. The van der Waals surface area contributed by atoms with Crippen molar-refractivity contribution in [3.63, 3.8) is 0 Å². The van der Waals surface area contributed by atoms with Gasteiger partial charge < -0.3 is 4.90 Å². The second-order valence-electron chi connectivity index (χ2n) is 4.40. The number of likely N-dealkylation sites (tertiary alicyclic amines) is 1. The van der Waals surface area contributed by atoms with Crippen LogP contribution in [0.3, 0.4) is 0 Å². The number of carbonyl (C=O) groups is 1. The Bertz CT molecular complexity index is 193. The van der Waals surface area contributed by atoms with Gasteiger partial charge in [-0.2, -0.15) is 0 Å². The van der Waals surface area contributed by atoms with Crippen molar-refractivity contribution in [1.29, 1.82) is 0 Å². The van der Waals surface area contributed by atoms with Gasteiger partial charge in [0, 0.05) is 13.1 Å². The van der Waals surface area contributed by atoms with Gasteiger partial charge in [-0.25, -0.2) is 10.1 Å². The molecule has 2 fully saturated rings. The van der Waals surface area contributed by atoms with Crippen molar-refractivity contribution in [3.05, 3.63) is 0 Å².